The molecule has 1 heterocycles. The Kier molecular flexibility index (Phi) is 5.48. The average molecular weight is 358 g/mol. The second kappa shape index (κ2) is 7.23. The predicted octanol–water partition coefficient (Wildman–Crippen LogP) is -1.15. The van der Waals surface area contributed by atoms with E-state index in [1.165, 1.54) is 19.1 Å². The third-order valence-corrected chi connectivity index (χ3v) is 3.89. The quantitative estimate of drug-likeness (QED) is 0.377. The minimum absolute atomic E-state index is 0.133. The lowest BCUT2D eigenvalue weighted by Crippen LogP contribution is -2.61. The fourth-order valence-electron chi connectivity index (χ4n) is 2.39. The number of hydrogen-bond acceptors (Lipinski definition) is 8. The fourth-order valence-corrected chi connectivity index (χ4v) is 2.39. The molecule has 0 bridgehead atoms. The summed E-state index contributed by atoms with van der Waals surface area (Å²) in [5.74, 6) is -4.24. The lowest BCUT2D eigenvalue weighted by Gasteiger charge is -2.38. The molecule has 10 nitrogen and oxygen atoms in total. The highest BCUT2D eigenvalue weighted by Crippen LogP contribution is 2.33. The standard InChI is InChI=1S/C15H18O10/c1-5(13(20)21)7-3-2-6(16)4-8(7)24-15-11(19)9(17)10(18)12(25-15)14(22)23/h2-5,9-12,15-19H,1H3,(H,20,21)(H,22,23). The molecule has 1 aliphatic rings. The Morgan fingerprint density at radius 2 is 1.76 bits per heavy atom. The number of hydrogen-bond donors (Lipinski definition) is 6. The van der Waals surface area contributed by atoms with Gasteiger partial charge in [0.15, 0.2) is 6.10 Å². The third kappa shape index (κ3) is 3.82. The molecule has 6 unspecified atom stereocenters. The Hall–Kier alpha value is -2.40. The van der Waals surface area contributed by atoms with Crippen molar-refractivity contribution in [3.63, 3.8) is 0 Å². The Morgan fingerprint density at radius 1 is 1.12 bits per heavy atom. The first-order chi connectivity index (χ1) is 11.6. The van der Waals surface area contributed by atoms with Crippen LogP contribution < -0.4 is 4.74 Å². The lowest BCUT2D eigenvalue weighted by molar-refractivity contribution is -0.271. The maximum absolute atomic E-state index is 11.2. The Balaban J connectivity index is 2.33. The zero-order valence-electron chi connectivity index (χ0n) is 13.0. The zero-order chi connectivity index (χ0) is 18.9. The van der Waals surface area contributed by atoms with Crippen molar-refractivity contribution in [3.05, 3.63) is 23.8 Å². The molecule has 138 valence electrons. The summed E-state index contributed by atoms with van der Waals surface area (Å²) < 4.78 is 10.3. The van der Waals surface area contributed by atoms with Crippen LogP contribution in [0.1, 0.15) is 18.4 Å². The topological polar surface area (TPSA) is 174 Å². The smallest absolute Gasteiger partial charge is 0.335 e. The van der Waals surface area contributed by atoms with Crippen LogP contribution in [-0.4, -0.2) is 73.3 Å². The Bertz CT molecular complexity index is 660. The summed E-state index contributed by atoms with van der Waals surface area (Å²) in [6.45, 7) is 1.36. The van der Waals surface area contributed by atoms with Gasteiger partial charge >= 0.3 is 11.9 Å². The molecule has 1 saturated heterocycles. The number of aliphatic hydroxyl groups excluding tert-OH is 3. The van der Waals surface area contributed by atoms with Crippen LogP contribution in [0, 0.1) is 0 Å². The summed E-state index contributed by atoms with van der Waals surface area (Å²) in [5.41, 5.74) is 0.133. The molecule has 0 radical (unpaired) electrons. The third-order valence-electron chi connectivity index (χ3n) is 3.89. The largest absolute Gasteiger partial charge is 0.508 e. The number of aromatic hydroxyl groups is 1. The van der Waals surface area contributed by atoms with Gasteiger partial charge < -0.3 is 40.1 Å². The summed E-state index contributed by atoms with van der Waals surface area (Å²) in [6.07, 6.45) is -9.12. The second-order valence-electron chi connectivity index (χ2n) is 5.63. The van der Waals surface area contributed by atoms with Gasteiger partial charge in [-0.25, -0.2) is 4.79 Å². The van der Waals surface area contributed by atoms with Gasteiger partial charge in [-0.3, -0.25) is 4.79 Å². The summed E-state index contributed by atoms with van der Waals surface area (Å²) in [6, 6.07) is 3.59. The van der Waals surface area contributed by atoms with Crippen LogP contribution in [0.4, 0.5) is 0 Å². The number of carboxylic acids is 2. The van der Waals surface area contributed by atoms with Crippen molar-refractivity contribution in [1.29, 1.82) is 0 Å². The molecule has 6 N–H and O–H groups in total. The molecule has 1 fully saturated rings. The molecule has 0 amide bonds. The molecule has 0 aliphatic carbocycles. The average Bonchev–Trinajstić information content (AvgIpc) is 2.54. The van der Waals surface area contributed by atoms with Crippen LogP contribution >= 0.6 is 0 Å². The second-order valence-corrected chi connectivity index (χ2v) is 5.63. The van der Waals surface area contributed by atoms with Crippen LogP contribution in [0.2, 0.25) is 0 Å². The van der Waals surface area contributed by atoms with E-state index in [1.807, 2.05) is 0 Å². The molecule has 1 aliphatic heterocycles. The molecule has 0 aromatic heterocycles. The van der Waals surface area contributed by atoms with E-state index >= 15 is 0 Å². The summed E-state index contributed by atoms with van der Waals surface area (Å²) in [5, 5.41) is 57.1. The lowest BCUT2D eigenvalue weighted by atomic mass is 9.98. The van der Waals surface area contributed by atoms with Crippen molar-refractivity contribution < 1.29 is 49.7 Å². The van der Waals surface area contributed by atoms with Gasteiger partial charge in [0.1, 0.15) is 29.8 Å². The highest BCUT2D eigenvalue weighted by Gasteiger charge is 2.48. The van der Waals surface area contributed by atoms with Crippen LogP contribution in [-0.2, 0) is 14.3 Å². The number of benzene rings is 1. The molecule has 0 saturated carbocycles. The molecule has 10 heteroatoms. The van der Waals surface area contributed by atoms with Gasteiger partial charge in [0.05, 0.1) is 5.92 Å². The number of ether oxygens (including phenoxy) is 2. The van der Waals surface area contributed by atoms with Crippen molar-refractivity contribution >= 4 is 11.9 Å². The van der Waals surface area contributed by atoms with Crippen LogP contribution in [0.5, 0.6) is 11.5 Å². The molecule has 1 aromatic carbocycles. The first kappa shape index (κ1) is 18.9. The van der Waals surface area contributed by atoms with Gasteiger partial charge in [-0.15, -0.1) is 0 Å². The fraction of sp³-hybridized carbons (Fsp3) is 0.467. The first-order valence-electron chi connectivity index (χ1n) is 7.28. The van der Waals surface area contributed by atoms with Crippen molar-refractivity contribution in [2.24, 2.45) is 0 Å². The van der Waals surface area contributed by atoms with E-state index in [0.717, 1.165) is 6.07 Å². The normalized spacial score (nSPS) is 30.5. The summed E-state index contributed by atoms with van der Waals surface area (Å²) >= 11 is 0. The molecule has 2 rings (SSSR count). The zero-order valence-corrected chi connectivity index (χ0v) is 13.0. The Labute approximate surface area is 141 Å². The molecule has 25 heavy (non-hydrogen) atoms. The molecular weight excluding hydrogens is 340 g/mol. The Morgan fingerprint density at radius 3 is 2.32 bits per heavy atom. The van der Waals surface area contributed by atoms with Gasteiger partial charge in [0, 0.05) is 11.6 Å². The van der Waals surface area contributed by atoms with E-state index in [0.29, 0.717) is 0 Å². The number of phenols is 1. The van der Waals surface area contributed by atoms with Gasteiger partial charge in [0.2, 0.25) is 6.29 Å². The van der Waals surface area contributed by atoms with Gasteiger partial charge in [0.25, 0.3) is 0 Å². The van der Waals surface area contributed by atoms with E-state index in [1.54, 1.807) is 0 Å². The van der Waals surface area contributed by atoms with Crippen molar-refractivity contribution in [2.75, 3.05) is 0 Å². The monoisotopic (exact) mass is 358 g/mol. The first-order valence-corrected chi connectivity index (χ1v) is 7.28. The maximum Gasteiger partial charge on any atom is 0.335 e. The molecule has 0 spiro atoms. The van der Waals surface area contributed by atoms with E-state index in [4.69, 9.17) is 19.7 Å². The van der Waals surface area contributed by atoms with Crippen molar-refractivity contribution in [1.82, 2.24) is 0 Å². The number of carboxylic acid groups (broad SMARTS) is 2. The van der Waals surface area contributed by atoms with Crippen LogP contribution in [0.3, 0.4) is 0 Å². The van der Waals surface area contributed by atoms with Gasteiger partial charge in [-0.1, -0.05) is 6.07 Å². The van der Waals surface area contributed by atoms with E-state index in [-0.39, 0.29) is 17.1 Å². The number of phenolic OH excluding ortho intramolecular Hbond substituents is 1. The van der Waals surface area contributed by atoms with Crippen LogP contribution in [0.25, 0.3) is 0 Å². The molecule has 1 aromatic rings. The van der Waals surface area contributed by atoms with E-state index < -0.39 is 48.6 Å². The molecule has 6 atom stereocenters. The minimum Gasteiger partial charge on any atom is -0.508 e. The number of aliphatic carboxylic acids is 2. The van der Waals surface area contributed by atoms with Gasteiger partial charge in [-0.05, 0) is 13.0 Å². The van der Waals surface area contributed by atoms with E-state index in [9.17, 15) is 30.0 Å². The predicted molar refractivity (Wildman–Crippen MR) is 79.1 cm³/mol. The van der Waals surface area contributed by atoms with E-state index in [2.05, 4.69) is 0 Å². The van der Waals surface area contributed by atoms with Crippen molar-refractivity contribution in [2.45, 2.75) is 43.5 Å². The van der Waals surface area contributed by atoms with Crippen LogP contribution in [0.15, 0.2) is 18.2 Å². The number of rotatable bonds is 5. The number of carbonyl (C=O) groups is 2. The highest BCUT2D eigenvalue weighted by atomic mass is 16.7. The van der Waals surface area contributed by atoms with Crippen molar-refractivity contribution in [3.8, 4) is 11.5 Å². The highest BCUT2D eigenvalue weighted by molar-refractivity contribution is 5.77. The van der Waals surface area contributed by atoms with Gasteiger partial charge in [-0.2, -0.15) is 0 Å². The molecular formula is C15H18O10. The summed E-state index contributed by atoms with van der Waals surface area (Å²) in [4.78, 5) is 22.3. The summed E-state index contributed by atoms with van der Waals surface area (Å²) in [7, 11) is 0. The number of aliphatic hydroxyl groups is 3. The minimum atomic E-state index is -1.88. The SMILES string of the molecule is CC(C(=O)O)c1ccc(O)cc1OC1OC(C(=O)O)C(O)C(O)C1O. The maximum atomic E-state index is 11.2.